The van der Waals surface area contributed by atoms with Crippen LogP contribution in [0.1, 0.15) is 0 Å². The number of ether oxygens (including phenoxy) is 3. The summed E-state index contributed by atoms with van der Waals surface area (Å²) in [6, 6.07) is 20.9. The Bertz CT molecular complexity index is 1010. The highest BCUT2D eigenvalue weighted by atomic mass is 16.5. The molecule has 3 aromatic rings. The van der Waals surface area contributed by atoms with E-state index in [2.05, 4.69) is 10.6 Å². The zero-order chi connectivity index (χ0) is 20.6. The molecule has 3 aromatic carbocycles. The molecule has 0 aliphatic carbocycles. The topological polar surface area (TPSA) is 85.9 Å². The minimum atomic E-state index is -0.855. The van der Waals surface area contributed by atoms with Gasteiger partial charge in [-0.2, -0.15) is 0 Å². The van der Waals surface area contributed by atoms with E-state index in [0.29, 0.717) is 34.4 Å². The van der Waals surface area contributed by atoms with E-state index in [1.807, 2.05) is 18.2 Å². The molecule has 0 aromatic heterocycles. The first kappa shape index (κ1) is 19.8. The van der Waals surface area contributed by atoms with Crippen molar-refractivity contribution in [1.82, 2.24) is 0 Å². The molecule has 7 heteroatoms. The molecule has 7 nitrogen and oxygen atoms in total. The first-order valence-electron chi connectivity index (χ1n) is 8.77. The summed E-state index contributed by atoms with van der Waals surface area (Å²) in [4.78, 5) is 24.8. The summed E-state index contributed by atoms with van der Waals surface area (Å²) in [5.41, 5.74) is 0.690. The number of benzene rings is 3. The predicted molar refractivity (Wildman–Crippen MR) is 110 cm³/mol. The van der Waals surface area contributed by atoms with Gasteiger partial charge in [-0.05, 0) is 36.4 Å². The van der Waals surface area contributed by atoms with Gasteiger partial charge < -0.3 is 24.8 Å². The van der Waals surface area contributed by atoms with Gasteiger partial charge in [-0.15, -0.1) is 0 Å². The van der Waals surface area contributed by atoms with Crippen molar-refractivity contribution in [3.8, 4) is 23.0 Å². The number of anilines is 2. The Labute approximate surface area is 168 Å². The van der Waals surface area contributed by atoms with Crippen molar-refractivity contribution in [3.63, 3.8) is 0 Å². The van der Waals surface area contributed by atoms with Crippen molar-refractivity contribution in [2.24, 2.45) is 0 Å². The van der Waals surface area contributed by atoms with Crippen LogP contribution < -0.4 is 24.8 Å². The predicted octanol–water partition coefficient (Wildman–Crippen LogP) is 4.07. The van der Waals surface area contributed by atoms with E-state index in [1.54, 1.807) is 54.6 Å². The molecular formula is C22H20N2O5. The average molecular weight is 392 g/mol. The third-order valence-corrected chi connectivity index (χ3v) is 3.97. The third-order valence-electron chi connectivity index (χ3n) is 3.97. The van der Waals surface area contributed by atoms with Gasteiger partial charge in [0.25, 0.3) is 0 Å². The summed E-state index contributed by atoms with van der Waals surface area (Å²) in [5.74, 6) is 0.242. The van der Waals surface area contributed by atoms with Crippen molar-refractivity contribution >= 4 is 23.2 Å². The monoisotopic (exact) mass is 392 g/mol. The summed E-state index contributed by atoms with van der Waals surface area (Å²) in [7, 11) is 2.97. The molecule has 2 N–H and O–H groups in total. The first-order chi connectivity index (χ1) is 14.1. The Hall–Kier alpha value is -4.00. The second-order valence-electron chi connectivity index (χ2n) is 5.89. The fourth-order valence-corrected chi connectivity index (χ4v) is 2.54. The Morgan fingerprint density at radius 3 is 2.00 bits per heavy atom. The molecule has 2 amide bonds. The summed E-state index contributed by atoms with van der Waals surface area (Å²) in [5, 5.41) is 5.10. The SMILES string of the molecule is COc1ccc(OC)c(NC(=O)C(=O)Nc2ccccc2Oc2ccccc2)c1. The lowest BCUT2D eigenvalue weighted by atomic mass is 10.2. The van der Waals surface area contributed by atoms with Crippen LogP contribution in [0, 0.1) is 0 Å². The van der Waals surface area contributed by atoms with Gasteiger partial charge in [-0.25, -0.2) is 0 Å². The van der Waals surface area contributed by atoms with Gasteiger partial charge in [0.1, 0.15) is 17.2 Å². The minimum Gasteiger partial charge on any atom is -0.497 e. The Morgan fingerprint density at radius 2 is 1.31 bits per heavy atom. The average Bonchev–Trinajstić information content (AvgIpc) is 2.75. The van der Waals surface area contributed by atoms with Crippen LogP contribution in [-0.2, 0) is 9.59 Å². The molecule has 0 heterocycles. The summed E-state index contributed by atoms with van der Waals surface area (Å²) >= 11 is 0. The maximum absolute atomic E-state index is 12.4. The fourth-order valence-electron chi connectivity index (χ4n) is 2.54. The normalized spacial score (nSPS) is 10.0. The molecule has 0 radical (unpaired) electrons. The van der Waals surface area contributed by atoms with E-state index in [1.165, 1.54) is 14.2 Å². The number of methoxy groups -OCH3 is 2. The smallest absolute Gasteiger partial charge is 0.314 e. The molecule has 29 heavy (non-hydrogen) atoms. The van der Waals surface area contributed by atoms with Gasteiger partial charge in [0.2, 0.25) is 0 Å². The van der Waals surface area contributed by atoms with Gasteiger partial charge in [0.05, 0.1) is 25.6 Å². The van der Waals surface area contributed by atoms with Gasteiger partial charge in [0, 0.05) is 6.07 Å². The molecule has 0 spiro atoms. The standard InChI is InChI=1S/C22H20N2O5/c1-27-16-12-13-19(28-2)18(14-16)24-22(26)21(25)23-17-10-6-7-11-20(17)29-15-8-4-3-5-9-15/h3-14H,1-2H3,(H,23,25)(H,24,26). The third kappa shape index (κ3) is 5.04. The van der Waals surface area contributed by atoms with Crippen LogP contribution >= 0.6 is 0 Å². The van der Waals surface area contributed by atoms with Crippen LogP contribution in [0.15, 0.2) is 72.8 Å². The van der Waals surface area contributed by atoms with E-state index in [9.17, 15) is 9.59 Å². The molecule has 0 saturated carbocycles. The Balaban J connectivity index is 1.73. The van der Waals surface area contributed by atoms with Crippen LogP contribution in [0.2, 0.25) is 0 Å². The van der Waals surface area contributed by atoms with Crippen molar-refractivity contribution in [2.75, 3.05) is 24.9 Å². The van der Waals surface area contributed by atoms with Gasteiger partial charge >= 0.3 is 11.8 Å². The molecule has 0 atom stereocenters. The van der Waals surface area contributed by atoms with E-state index in [4.69, 9.17) is 14.2 Å². The van der Waals surface area contributed by atoms with Gasteiger partial charge in [-0.3, -0.25) is 9.59 Å². The summed E-state index contributed by atoms with van der Waals surface area (Å²) in [6.07, 6.45) is 0. The number of carbonyl (C=O) groups excluding carboxylic acids is 2. The molecule has 0 bridgehead atoms. The minimum absolute atomic E-state index is 0.320. The number of para-hydroxylation sites is 3. The number of hydrogen-bond acceptors (Lipinski definition) is 5. The Kier molecular flexibility index (Phi) is 6.32. The van der Waals surface area contributed by atoms with Crippen LogP contribution in [0.25, 0.3) is 0 Å². The quantitative estimate of drug-likeness (QED) is 0.618. The molecule has 0 fully saturated rings. The highest BCUT2D eigenvalue weighted by molar-refractivity contribution is 6.44. The molecular weight excluding hydrogens is 372 g/mol. The van der Waals surface area contributed by atoms with E-state index >= 15 is 0 Å². The molecule has 0 unspecified atom stereocenters. The second kappa shape index (κ2) is 9.27. The molecule has 0 aliphatic heterocycles. The number of rotatable bonds is 6. The summed E-state index contributed by atoms with van der Waals surface area (Å²) in [6.45, 7) is 0. The zero-order valence-corrected chi connectivity index (χ0v) is 16.0. The Morgan fingerprint density at radius 1 is 0.655 bits per heavy atom. The van der Waals surface area contributed by atoms with Gasteiger partial charge in [0.15, 0.2) is 5.75 Å². The molecule has 148 valence electrons. The first-order valence-corrected chi connectivity index (χ1v) is 8.77. The number of nitrogens with one attached hydrogen (secondary N) is 2. The van der Waals surface area contributed by atoms with Gasteiger partial charge in [-0.1, -0.05) is 30.3 Å². The highest BCUT2D eigenvalue weighted by Gasteiger charge is 2.18. The van der Waals surface area contributed by atoms with Crippen LogP contribution in [0.5, 0.6) is 23.0 Å². The molecule has 0 aliphatic rings. The lowest BCUT2D eigenvalue weighted by molar-refractivity contribution is -0.133. The second-order valence-corrected chi connectivity index (χ2v) is 5.89. The lowest BCUT2D eigenvalue weighted by Crippen LogP contribution is -2.29. The van der Waals surface area contributed by atoms with E-state index in [-0.39, 0.29) is 0 Å². The fraction of sp³-hybridized carbons (Fsp3) is 0.0909. The van der Waals surface area contributed by atoms with Crippen LogP contribution in [-0.4, -0.2) is 26.0 Å². The van der Waals surface area contributed by atoms with E-state index in [0.717, 1.165) is 0 Å². The maximum Gasteiger partial charge on any atom is 0.314 e. The van der Waals surface area contributed by atoms with Crippen molar-refractivity contribution in [3.05, 3.63) is 72.8 Å². The van der Waals surface area contributed by atoms with Crippen LogP contribution in [0.4, 0.5) is 11.4 Å². The number of amides is 2. The van der Waals surface area contributed by atoms with Crippen LogP contribution in [0.3, 0.4) is 0 Å². The largest absolute Gasteiger partial charge is 0.497 e. The molecule has 0 saturated heterocycles. The van der Waals surface area contributed by atoms with Crippen molar-refractivity contribution in [2.45, 2.75) is 0 Å². The maximum atomic E-state index is 12.4. The van der Waals surface area contributed by atoms with E-state index < -0.39 is 11.8 Å². The zero-order valence-electron chi connectivity index (χ0n) is 16.0. The highest BCUT2D eigenvalue weighted by Crippen LogP contribution is 2.30. The number of hydrogen-bond donors (Lipinski definition) is 2. The summed E-state index contributed by atoms with van der Waals surface area (Å²) < 4.78 is 16.1. The number of carbonyl (C=O) groups is 2. The lowest BCUT2D eigenvalue weighted by Gasteiger charge is -2.13. The van der Waals surface area contributed by atoms with Crippen molar-refractivity contribution in [1.29, 1.82) is 0 Å². The van der Waals surface area contributed by atoms with Crippen molar-refractivity contribution < 1.29 is 23.8 Å². The molecule has 3 rings (SSSR count).